The number of pyridine rings is 1. The van der Waals surface area contributed by atoms with Gasteiger partial charge in [-0.1, -0.05) is 36.4 Å². The molecule has 0 atom stereocenters. The Morgan fingerprint density at radius 2 is 1.94 bits per heavy atom. The molecule has 0 spiro atoms. The van der Waals surface area contributed by atoms with Gasteiger partial charge in [-0.15, -0.1) is 0 Å². The summed E-state index contributed by atoms with van der Waals surface area (Å²) in [6.45, 7) is 1.42. The van der Waals surface area contributed by atoms with Gasteiger partial charge in [-0.05, 0) is 18.7 Å². The molecule has 2 rings (SSSR count). The lowest BCUT2D eigenvalue weighted by Crippen LogP contribution is -2.10. The first kappa shape index (κ1) is 12.6. The maximum Gasteiger partial charge on any atom is 0.217 e. The fraction of sp³-hybridized carbons (Fsp3) is 0.267. The van der Waals surface area contributed by atoms with E-state index in [1.54, 1.807) is 6.20 Å². The molecule has 0 unspecified atom stereocenters. The second-order valence-corrected chi connectivity index (χ2v) is 4.08. The van der Waals surface area contributed by atoms with Crippen LogP contribution < -0.4 is 10.1 Å². The van der Waals surface area contributed by atoms with E-state index in [0.29, 0.717) is 6.61 Å². The van der Waals surface area contributed by atoms with Gasteiger partial charge >= 0.3 is 0 Å². The minimum absolute atomic E-state index is 0.651. The van der Waals surface area contributed by atoms with Crippen LogP contribution in [-0.4, -0.2) is 18.6 Å². The lowest BCUT2D eigenvalue weighted by Gasteiger charge is -2.09. The number of benzene rings is 1. The molecule has 1 aromatic heterocycles. The van der Waals surface area contributed by atoms with Gasteiger partial charge in [0.05, 0.1) is 6.61 Å². The lowest BCUT2D eigenvalue weighted by molar-refractivity contribution is 0.305. The summed E-state index contributed by atoms with van der Waals surface area (Å²) < 4.78 is 5.74. The van der Waals surface area contributed by atoms with Crippen molar-refractivity contribution in [3.63, 3.8) is 0 Å². The van der Waals surface area contributed by atoms with E-state index < -0.39 is 0 Å². The smallest absolute Gasteiger partial charge is 0.217 e. The fourth-order valence-corrected chi connectivity index (χ4v) is 1.79. The lowest BCUT2D eigenvalue weighted by atomic mass is 10.2. The van der Waals surface area contributed by atoms with E-state index in [-0.39, 0.29) is 0 Å². The van der Waals surface area contributed by atoms with E-state index in [0.717, 1.165) is 24.4 Å². The van der Waals surface area contributed by atoms with Gasteiger partial charge in [0.15, 0.2) is 0 Å². The third kappa shape index (κ3) is 3.57. The molecule has 1 heterocycles. The summed E-state index contributed by atoms with van der Waals surface area (Å²) >= 11 is 0. The van der Waals surface area contributed by atoms with Crippen LogP contribution in [0.5, 0.6) is 5.88 Å². The topological polar surface area (TPSA) is 34.2 Å². The van der Waals surface area contributed by atoms with Crippen molar-refractivity contribution in [2.45, 2.75) is 13.0 Å². The summed E-state index contributed by atoms with van der Waals surface area (Å²) in [6.07, 6.45) is 2.66. The molecule has 94 valence electrons. The predicted octanol–water partition coefficient (Wildman–Crippen LogP) is 2.42. The van der Waals surface area contributed by atoms with Crippen LogP contribution in [0.4, 0.5) is 0 Å². The monoisotopic (exact) mass is 242 g/mol. The van der Waals surface area contributed by atoms with Crippen molar-refractivity contribution in [2.75, 3.05) is 13.7 Å². The van der Waals surface area contributed by atoms with E-state index in [2.05, 4.69) is 22.4 Å². The zero-order valence-corrected chi connectivity index (χ0v) is 10.6. The van der Waals surface area contributed by atoms with Crippen LogP contribution >= 0.6 is 0 Å². The minimum atomic E-state index is 0.651. The van der Waals surface area contributed by atoms with Gasteiger partial charge in [0.1, 0.15) is 0 Å². The van der Waals surface area contributed by atoms with Gasteiger partial charge in [0.2, 0.25) is 5.88 Å². The Balaban J connectivity index is 1.90. The molecule has 0 aliphatic carbocycles. The van der Waals surface area contributed by atoms with Gasteiger partial charge in [-0.2, -0.15) is 0 Å². The summed E-state index contributed by atoms with van der Waals surface area (Å²) in [7, 11) is 1.92. The Hall–Kier alpha value is -1.87. The Labute approximate surface area is 108 Å². The van der Waals surface area contributed by atoms with Crippen LogP contribution in [0.2, 0.25) is 0 Å². The fourth-order valence-electron chi connectivity index (χ4n) is 1.79. The van der Waals surface area contributed by atoms with Crippen molar-refractivity contribution < 1.29 is 4.74 Å². The van der Waals surface area contributed by atoms with Gasteiger partial charge in [-0.3, -0.25) is 0 Å². The molecule has 0 radical (unpaired) electrons. The summed E-state index contributed by atoms with van der Waals surface area (Å²) in [5.74, 6) is 0.725. The maximum atomic E-state index is 5.74. The van der Waals surface area contributed by atoms with Crippen molar-refractivity contribution in [1.82, 2.24) is 10.3 Å². The number of nitrogens with one attached hydrogen (secondary N) is 1. The van der Waals surface area contributed by atoms with Crippen LogP contribution in [0.3, 0.4) is 0 Å². The molecular weight excluding hydrogens is 224 g/mol. The molecule has 3 nitrogen and oxygen atoms in total. The quantitative estimate of drug-likeness (QED) is 0.844. The number of rotatable bonds is 6. The summed E-state index contributed by atoms with van der Waals surface area (Å²) in [5.41, 5.74) is 2.37. The van der Waals surface area contributed by atoms with Gasteiger partial charge in [-0.25, -0.2) is 4.98 Å². The standard InChI is InChI=1S/C15H18N2O/c1-16-12-14-8-5-10-17-15(14)18-11-9-13-6-3-2-4-7-13/h2-8,10,16H,9,11-12H2,1H3. The van der Waals surface area contributed by atoms with Crippen LogP contribution in [0.1, 0.15) is 11.1 Å². The van der Waals surface area contributed by atoms with Gasteiger partial charge < -0.3 is 10.1 Å². The number of aromatic nitrogens is 1. The maximum absolute atomic E-state index is 5.74. The summed E-state index contributed by atoms with van der Waals surface area (Å²) in [4.78, 5) is 4.27. The third-order valence-electron chi connectivity index (χ3n) is 2.69. The number of nitrogens with zero attached hydrogens (tertiary/aromatic N) is 1. The number of hydrogen-bond acceptors (Lipinski definition) is 3. The Morgan fingerprint density at radius 1 is 1.11 bits per heavy atom. The third-order valence-corrected chi connectivity index (χ3v) is 2.69. The number of hydrogen-bond donors (Lipinski definition) is 1. The second-order valence-electron chi connectivity index (χ2n) is 4.08. The molecule has 2 aromatic rings. The first-order chi connectivity index (χ1) is 8.90. The van der Waals surface area contributed by atoms with Crippen molar-refractivity contribution in [1.29, 1.82) is 0 Å². The van der Waals surface area contributed by atoms with Crippen LogP contribution in [-0.2, 0) is 13.0 Å². The molecule has 0 bridgehead atoms. The average Bonchev–Trinajstić information content (AvgIpc) is 2.42. The highest BCUT2D eigenvalue weighted by molar-refractivity contribution is 5.25. The highest BCUT2D eigenvalue weighted by Crippen LogP contribution is 2.14. The SMILES string of the molecule is CNCc1cccnc1OCCc1ccccc1. The van der Waals surface area contributed by atoms with Crippen molar-refractivity contribution in [2.24, 2.45) is 0 Å². The number of ether oxygens (including phenoxy) is 1. The van der Waals surface area contributed by atoms with Gasteiger partial charge in [0.25, 0.3) is 0 Å². The van der Waals surface area contributed by atoms with Crippen molar-refractivity contribution in [3.8, 4) is 5.88 Å². The first-order valence-corrected chi connectivity index (χ1v) is 6.15. The highest BCUT2D eigenvalue weighted by Gasteiger charge is 2.03. The molecule has 18 heavy (non-hydrogen) atoms. The van der Waals surface area contributed by atoms with Gasteiger partial charge in [0, 0.05) is 24.7 Å². The molecule has 0 aliphatic heterocycles. The highest BCUT2D eigenvalue weighted by atomic mass is 16.5. The minimum Gasteiger partial charge on any atom is -0.477 e. The summed E-state index contributed by atoms with van der Waals surface area (Å²) in [6, 6.07) is 14.3. The van der Waals surface area contributed by atoms with Crippen LogP contribution in [0.25, 0.3) is 0 Å². The van der Waals surface area contributed by atoms with E-state index >= 15 is 0 Å². The molecule has 0 fully saturated rings. The molecule has 0 saturated heterocycles. The largest absolute Gasteiger partial charge is 0.477 e. The Bertz CT molecular complexity index is 471. The zero-order chi connectivity index (χ0) is 12.6. The van der Waals surface area contributed by atoms with Crippen molar-refractivity contribution >= 4 is 0 Å². The molecule has 1 N–H and O–H groups in total. The van der Waals surface area contributed by atoms with Crippen LogP contribution in [0, 0.1) is 0 Å². The van der Waals surface area contributed by atoms with E-state index in [1.807, 2.05) is 37.4 Å². The van der Waals surface area contributed by atoms with E-state index in [1.165, 1.54) is 5.56 Å². The van der Waals surface area contributed by atoms with Crippen molar-refractivity contribution in [3.05, 3.63) is 59.8 Å². The summed E-state index contributed by atoms with van der Waals surface area (Å²) in [5, 5.41) is 3.11. The molecule has 0 saturated carbocycles. The van der Waals surface area contributed by atoms with Crippen LogP contribution in [0.15, 0.2) is 48.7 Å². The molecule has 0 amide bonds. The molecule has 1 aromatic carbocycles. The normalized spacial score (nSPS) is 10.3. The van der Waals surface area contributed by atoms with E-state index in [4.69, 9.17) is 4.74 Å². The van der Waals surface area contributed by atoms with E-state index in [9.17, 15) is 0 Å². The predicted molar refractivity (Wildman–Crippen MR) is 72.6 cm³/mol. The molecule has 0 aliphatic rings. The Kier molecular flexibility index (Phi) is 4.73. The second kappa shape index (κ2) is 6.77. The molecule has 3 heteroatoms. The zero-order valence-electron chi connectivity index (χ0n) is 10.6. The molecular formula is C15H18N2O. The average molecular weight is 242 g/mol. The first-order valence-electron chi connectivity index (χ1n) is 6.15. The Morgan fingerprint density at radius 3 is 2.72 bits per heavy atom.